The summed E-state index contributed by atoms with van der Waals surface area (Å²) in [5, 5.41) is 8.39. The third-order valence-electron chi connectivity index (χ3n) is 13.8. The third-order valence-corrected chi connectivity index (χ3v) is 13.8. The van der Waals surface area contributed by atoms with Gasteiger partial charge in [-0.2, -0.15) is 0 Å². The monoisotopic (exact) mass is 785 g/mol. The molecule has 2 aromatic heterocycles. The van der Waals surface area contributed by atoms with Crippen molar-refractivity contribution >= 4 is 54.3 Å². The van der Waals surface area contributed by atoms with E-state index >= 15 is 0 Å². The Labute approximate surface area is 357 Å². The summed E-state index contributed by atoms with van der Waals surface area (Å²) in [5.41, 5.74) is 17.2. The number of para-hydroxylation sites is 2. The Bertz CT molecular complexity index is 3820. The Balaban J connectivity index is 1.21. The zero-order valence-electron chi connectivity index (χ0n) is 33.5. The first-order valence-electron chi connectivity index (χ1n) is 21.4. The van der Waals surface area contributed by atoms with Crippen molar-refractivity contribution in [1.82, 2.24) is 14.5 Å². The van der Waals surface area contributed by atoms with E-state index < -0.39 is 5.41 Å². The minimum atomic E-state index is -0.661. The summed E-state index contributed by atoms with van der Waals surface area (Å²) < 4.78 is 2.40. The SMILES string of the molecule is c1ccc(-c2nc(-n3c4ccccc4c4c5ccccc5c5c(c43)C3(c4ccccc4-c4ccccc43)c3cc(-c4cccc6ccccc46)ccc3-5)nc3ccccc23)cc1. The first kappa shape index (κ1) is 33.7. The minimum absolute atomic E-state index is 0.661. The molecular formula is C59H35N3. The number of fused-ring (bicyclic) bond motifs is 19. The van der Waals surface area contributed by atoms with Crippen molar-refractivity contribution < 1.29 is 0 Å². The highest BCUT2D eigenvalue weighted by molar-refractivity contribution is 6.28. The smallest absolute Gasteiger partial charge is 0.235 e. The number of hydrogen-bond donors (Lipinski definition) is 0. The Kier molecular flexibility index (Phi) is 6.76. The van der Waals surface area contributed by atoms with E-state index in [2.05, 4.69) is 217 Å². The lowest BCUT2D eigenvalue weighted by atomic mass is 9.69. The molecule has 0 N–H and O–H groups in total. The molecule has 12 aromatic rings. The Morgan fingerprint density at radius 3 is 1.81 bits per heavy atom. The summed E-state index contributed by atoms with van der Waals surface area (Å²) in [4.78, 5) is 11.1. The Morgan fingerprint density at radius 2 is 1.00 bits per heavy atom. The fourth-order valence-electron chi connectivity index (χ4n) is 11.4. The molecule has 0 saturated carbocycles. The molecule has 1 spiro atoms. The van der Waals surface area contributed by atoms with Crippen LogP contribution in [0.2, 0.25) is 0 Å². The van der Waals surface area contributed by atoms with Crippen LogP contribution in [0.15, 0.2) is 212 Å². The molecule has 14 rings (SSSR count). The molecule has 2 heterocycles. The summed E-state index contributed by atoms with van der Waals surface area (Å²) in [7, 11) is 0. The molecule has 0 radical (unpaired) electrons. The maximum atomic E-state index is 5.61. The summed E-state index contributed by atoms with van der Waals surface area (Å²) >= 11 is 0. The molecule has 0 atom stereocenters. The third kappa shape index (κ3) is 4.29. The molecule has 0 aliphatic heterocycles. The van der Waals surface area contributed by atoms with E-state index in [9.17, 15) is 0 Å². The van der Waals surface area contributed by atoms with Crippen molar-refractivity contribution in [3.63, 3.8) is 0 Å². The number of aromatic nitrogens is 3. The molecule has 10 aromatic carbocycles. The minimum Gasteiger partial charge on any atom is -0.277 e. The Morgan fingerprint density at radius 1 is 0.387 bits per heavy atom. The predicted octanol–water partition coefficient (Wildman–Crippen LogP) is 14.7. The molecule has 3 nitrogen and oxygen atoms in total. The predicted molar refractivity (Wildman–Crippen MR) is 256 cm³/mol. The number of nitrogens with zero attached hydrogens (tertiary/aromatic N) is 3. The highest BCUT2D eigenvalue weighted by Gasteiger charge is 2.54. The van der Waals surface area contributed by atoms with Gasteiger partial charge < -0.3 is 0 Å². The van der Waals surface area contributed by atoms with Gasteiger partial charge in [-0.1, -0.05) is 194 Å². The van der Waals surface area contributed by atoms with Gasteiger partial charge >= 0.3 is 0 Å². The lowest BCUT2D eigenvalue weighted by molar-refractivity contribution is 0.796. The fraction of sp³-hybridized carbons (Fsp3) is 0.0169. The van der Waals surface area contributed by atoms with Crippen LogP contribution in [0.25, 0.3) is 105 Å². The summed E-state index contributed by atoms with van der Waals surface area (Å²) in [5.74, 6) is 0.661. The first-order chi connectivity index (χ1) is 30.8. The average molecular weight is 786 g/mol. The maximum absolute atomic E-state index is 5.61. The van der Waals surface area contributed by atoms with Gasteiger partial charge in [0.2, 0.25) is 5.95 Å². The highest BCUT2D eigenvalue weighted by atomic mass is 15.2. The van der Waals surface area contributed by atoms with Gasteiger partial charge in [-0.15, -0.1) is 0 Å². The van der Waals surface area contributed by atoms with Gasteiger partial charge in [0.05, 0.1) is 27.7 Å². The molecule has 286 valence electrons. The first-order valence-corrected chi connectivity index (χ1v) is 21.4. The van der Waals surface area contributed by atoms with Gasteiger partial charge in [0, 0.05) is 27.3 Å². The molecule has 3 heteroatoms. The van der Waals surface area contributed by atoms with E-state index in [0.29, 0.717) is 5.95 Å². The maximum Gasteiger partial charge on any atom is 0.235 e. The van der Waals surface area contributed by atoms with Gasteiger partial charge in [-0.3, -0.25) is 4.57 Å². The normalized spacial score (nSPS) is 13.3. The van der Waals surface area contributed by atoms with Crippen LogP contribution in [0.5, 0.6) is 0 Å². The van der Waals surface area contributed by atoms with Gasteiger partial charge in [-0.05, 0) is 89.8 Å². The van der Waals surface area contributed by atoms with Crippen LogP contribution in [0.3, 0.4) is 0 Å². The highest BCUT2D eigenvalue weighted by Crippen LogP contribution is 2.66. The van der Waals surface area contributed by atoms with E-state index in [1.807, 2.05) is 0 Å². The van der Waals surface area contributed by atoms with Crippen LogP contribution >= 0.6 is 0 Å². The second-order valence-electron chi connectivity index (χ2n) is 16.8. The average Bonchev–Trinajstić information content (AvgIpc) is 3.96. The number of rotatable bonds is 3. The van der Waals surface area contributed by atoms with Crippen LogP contribution in [0.4, 0.5) is 0 Å². The quantitative estimate of drug-likeness (QED) is 0.179. The van der Waals surface area contributed by atoms with Crippen LogP contribution in [-0.4, -0.2) is 14.5 Å². The standard InChI is InChI=1S/C59H35N3/c1-2-18-37(19-3-1)56-46-26-10-14-31-51(46)60-58(61-56)62-52-32-15-11-27-47(52)54-44-25-7-6-24-43(44)53-45-34-33-38(40-28-16-20-36-17-4-5-21-39(36)40)35-50(45)59(55(53)57(54)62)48-29-12-8-22-41(48)42-23-9-13-30-49(42)59/h1-35H. The molecule has 62 heavy (non-hydrogen) atoms. The van der Waals surface area contributed by atoms with E-state index in [1.54, 1.807) is 0 Å². The van der Waals surface area contributed by atoms with Gasteiger partial charge in [0.1, 0.15) is 0 Å². The van der Waals surface area contributed by atoms with Gasteiger partial charge in [0.15, 0.2) is 0 Å². The second-order valence-corrected chi connectivity index (χ2v) is 16.8. The molecule has 0 fully saturated rings. The molecular weight excluding hydrogens is 751 g/mol. The van der Waals surface area contributed by atoms with E-state index in [1.165, 1.54) is 88.0 Å². The molecule has 2 aliphatic carbocycles. The summed E-state index contributed by atoms with van der Waals surface area (Å²) in [6.07, 6.45) is 0. The van der Waals surface area contributed by atoms with Crippen molar-refractivity contribution in [2.75, 3.05) is 0 Å². The van der Waals surface area contributed by atoms with Gasteiger partial charge in [-0.25, -0.2) is 9.97 Å². The lowest BCUT2D eigenvalue weighted by Crippen LogP contribution is -2.27. The molecule has 0 saturated heterocycles. The van der Waals surface area contributed by atoms with Crippen molar-refractivity contribution in [2.24, 2.45) is 0 Å². The van der Waals surface area contributed by atoms with Crippen molar-refractivity contribution in [3.8, 4) is 50.6 Å². The summed E-state index contributed by atoms with van der Waals surface area (Å²) in [6.45, 7) is 0. The largest absolute Gasteiger partial charge is 0.277 e. The molecule has 0 unspecified atom stereocenters. The zero-order valence-corrected chi connectivity index (χ0v) is 33.5. The zero-order chi connectivity index (χ0) is 40.5. The topological polar surface area (TPSA) is 30.7 Å². The second kappa shape index (κ2) is 12.4. The van der Waals surface area contributed by atoms with Crippen LogP contribution in [-0.2, 0) is 5.41 Å². The molecule has 0 bridgehead atoms. The van der Waals surface area contributed by atoms with Crippen molar-refractivity contribution in [2.45, 2.75) is 5.41 Å². The van der Waals surface area contributed by atoms with E-state index in [4.69, 9.17) is 9.97 Å². The van der Waals surface area contributed by atoms with E-state index in [-0.39, 0.29) is 0 Å². The van der Waals surface area contributed by atoms with Crippen molar-refractivity contribution in [1.29, 1.82) is 0 Å². The van der Waals surface area contributed by atoms with Crippen molar-refractivity contribution in [3.05, 3.63) is 235 Å². The molecule has 2 aliphatic rings. The fourth-order valence-corrected chi connectivity index (χ4v) is 11.4. The van der Waals surface area contributed by atoms with E-state index in [0.717, 1.165) is 33.2 Å². The number of hydrogen-bond acceptors (Lipinski definition) is 2. The number of benzene rings is 10. The van der Waals surface area contributed by atoms with Crippen LogP contribution in [0, 0.1) is 0 Å². The summed E-state index contributed by atoms with van der Waals surface area (Å²) in [6, 6.07) is 77.9. The Hall–Kier alpha value is -8.14. The molecule has 0 amide bonds. The van der Waals surface area contributed by atoms with Gasteiger partial charge in [0.25, 0.3) is 0 Å². The lowest BCUT2D eigenvalue weighted by Gasteiger charge is -2.32. The van der Waals surface area contributed by atoms with Crippen LogP contribution in [0.1, 0.15) is 22.3 Å². The van der Waals surface area contributed by atoms with Crippen LogP contribution < -0.4 is 0 Å².